The molecule has 1 aromatic heterocycles. The summed E-state index contributed by atoms with van der Waals surface area (Å²) >= 11 is 12.8. The molecule has 1 aromatic carbocycles. The molecule has 1 heterocycles. The van der Waals surface area contributed by atoms with E-state index in [1.807, 2.05) is 0 Å². The average molecular weight is 371 g/mol. The van der Waals surface area contributed by atoms with Gasteiger partial charge in [0.15, 0.2) is 5.78 Å². The molecular formula is C15H12Cl2N2O3S. The van der Waals surface area contributed by atoms with Gasteiger partial charge in [0, 0.05) is 5.02 Å². The van der Waals surface area contributed by atoms with E-state index in [-0.39, 0.29) is 12.3 Å². The zero-order valence-electron chi connectivity index (χ0n) is 12.0. The second-order valence-corrected chi connectivity index (χ2v) is 6.50. The molecule has 0 aliphatic rings. The average Bonchev–Trinajstić information content (AvgIpc) is 2.99. The van der Waals surface area contributed by atoms with Crippen LogP contribution >= 0.6 is 34.5 Å². The van der Waals surface area contributed by atoms with Crippen LogP contribution in [0, 0.1) is 0 Å². The highest BCUT2D eigenvalue weighted by Crippen LogP contribution is 2.25. The van der Waals surface area contributed by atoms with Crippen molar-refractivity contribution in [3.63, 3.8) is 0 Å². The van der Waals surface area contributed by atoms with E-state index in [1.165, 1.54) is 13.0 Å². The minimum Gasteiger partial charge on any atom is -0.342 e. The van der Waals surface area contributed by atoms with Crippen LogP contribution < -0.4 is 10.6 Å². The van der Waals surface area contributed by atoms with Crippen molar-refractivity contribution in [2.24, 2.45) is 0 Å². The second-order valence-electron chi connectivity index (χ2n) is 4.58. The highest BCUT2D eigenvalue weighted by atomic mass is 35.5. The Morgan fingerprint density at radius 1 is 1.09 bits per heavy atom. The summed E-state index contributed by atoms with van der Waals surface area (Å²) in [5, 5.41) is 5.82. The van der Waals surface area contributed by atoms with Gasteiger partial charge in [0.1, 0.15) is 0 Å². The SMILES string of the molecule is CC(=O)c1ccc(C(=O)NCC(=O)Nc2cc(Cl)ccc2Cl)s1. The topological polar surface area (TPSA) is 75.3 Å². The molecule has 2 rings (SSSR count). The molecule has 5 nitrogen and oxygen atoms in total. The fraction of sp³-hybridized carbons (Fsp3) is 0.133. The summed E-state index contributed by atoms with van der Waals surface area (Å²) in [6, 6.07) is 7.80. The number of hydrogen-bond donors (Lipinski definition) is 2. The van der Waals surface area contributed by atoms with Gasteiger partial charge in [-0.15, -0.1) is 11.3 Å². The molecule has 2 N–H and O–H groups in total. The zero-order valence-corrected chi connectivity index (χ0v) is 14.3. The fourth-order valence-corrected chi connectivity index (χ4v) is 2.84. The number of hydrogen-bond acceptors (Lipinski definition) is 4. The molecule has 120 valence electrons. The standard InChI is InChI=1S/C15H12Cl2N2O3S/c1-8(20)12-4-5-13(23-12)15(22)18-7-14(21)19-11-6-9(16)2-3-10(11)17/h2-6H,7H2,1H3,(H,18,22)(H,19,21). The first-order valence-corrected chi connectivity index (χ1v) is 8.08. The number of amides is 2. The van der Waals surface area contributed by atoms with E-state index < -0.39 is 11.8 Å². The van der Waals surface area contributed by atoms with E-state index in [2.05, 4.69) is 10.6 Å². The highest BCUT2D eigenvalue weighted by molar-refractivity contribution is 7.15. The minimum absolute atomic E-state index is 0.109. The number of halogens is 2. The van der Waals surface area contributed by atoms with Gasteiger partial charge in [-0.1, -0.05) is 23.2 Å². The normalized spacial score (nSPS) is 10.2. The first-order valence-electron chi connectivity index (χ1n) is 6.50. The van der Waals surface area contributed by atoms with Gasteiger partial charge < -0.3 is 10.6 Å². The molecule has 0 aliphatic carbocycles. The minimum atomic E-state index is -0.439. The lowest BCUT2D eigenvalue weighted by atomic mass is 10.3. The number of carbonyl (C=O) groups is 3. The predicted octanol–water partition coefficient (Wildman–Crippen LogP) is 3.63. The van der Waals surface area contributed by atoms with E-state index >= 15 is 0 Å². The van der Waals surface area contributed by atoms with Crippen molar-refractivity contribution in [2.45, 2.75) is 6.92 Å². The van der Waals surface area contributed by atoms with Gasteiger partial charge in [-0.3, -0.25) is 14.4 Å². The van der Waals surface area contributed by atoms with Crippen LogP contribution in [0.25, 0.3) is 0 Å². The van der Waals surface area contributed by atoms with Crippen LogP contribution in [0.15, 0.2) is 30.3 Å². The Kier molecular flexibility index (Phi) is 5.76. The fourth-order valence-electron chi connectivity index (χ4n) is 1.68. The van der Waals surface area contributed by atoms with Gasteiger partial charge in [-0.2, -0.15) is 0 Å². The first-order chi connectivity index (χ1) is 10.9. The van der Waals surface area contributed by atoms with Gasteiger partial charge in [0.25, 0.3) is 5.91 Å². The summed E-state index contributed by atoms with van der Waals surface area (Å²) < 4.78 is 0. The smallest absolute Gasteiger partial charge is 0.261 e. The van der Waals surface area contributed by atoms with E-state index in [0.717, 1.165) is 11.3 Å². The van der Waals surface area contributed by atoms with E-state index in [9.17, 15) is 14.4 Å². The van der Waals surface area contributed by atoms with Gasteiger partial charge in [0.2, 0.25) is 5.91 Å². The number of thiophene rings is 1. The predicted molar refractivity (Wildman–Crippen MR) is 91.7 cm³/mol. The summed E-state index contributed by atoms with van der Waals surface area (Å²) in [5.74, 6) is -0.969. The van der Waals surface area contributed by atoms with Gasteiger partial charge in [-0.05, 0) is 37.3 Å². The molecule has 0 fully saturated rings. The van der Waals surface area contributed by atoms with Gasteiger partial charge in [0.05, 0.1) is 27.0 Å². The molecule has 23 heavy (non-hydrogen) atoms. The zero-order chi connectivity index (χ0) is 17.0. The summed E-state index contributed by atoms with van der Waals surface area (Å²) in [5.41, 5.74) is 0.369. The van der Waals surface area contributed by atoms with Crippen LogP contribution in [-0.2, 0) is 4.79 Å². The number of anilines is 1. The van der Waals surface area contributed by atoms with Crippen LogP contribution in [0.5, 0.6) is 0 Å². The third kappa shape index (κ3) is 4.79. The first kappa shape index (κ1) is 17.5. The van der Waals surface area contributed by atoms with Crippen molar-refractivity contribution in [1.82, 2.24) is 5.32 Å². The molecule has 0 aliphatic heterocycles. The lowest BCUT2D eigenvalue weighted by Gasteiger charge is -2.08. The second kappa shape index (κ2) is 7.59. The summed E-state index contributed by atoms with van der Waals surface area (Å²) in [4.78, 5) is 35.8. The molecule has 0 saturated heterocycles. The molecule has 2 amide bonds. The van der Waals surface area contributed by atoms with Gasteiger partial charge >= 0.3 is 0 Å². The van der Waals surface area contributed by atoms with Crippen molar-refractivity contribution >= 4 is 57.8 Å². The maximum atomic E-state index is 11.9. The molecule has 0 bridgehead atoms. The molecule has 8 heteroatoms. The molecular weight excluding hydrogens is 359 g/mol. The number of benzene rings is 1. The summed E-state index contributed by atoms with van der Waals surface area (Å²) in [6.45, 7) is 1.20. The molecule has 0 saturated carbocycles. The van der Waals surface area contributed by atoms with Crippen molar-refractivity contribution in [1.29, 1.82) is 0 Å². The number of nitrogens with one attached hydrogen (secondary N) is 2. The summed E-state index contributed by atoms with van der Waals surface area (Å²) in [7, 11) is 0. The van der Waals surface area contributed by atoms with Crippen molar-refractivity contribution in [3.8, 4) is 0 Å². The number of rotatable bonds is 5. The van der Waals surface area contributed by atoms with E-state index in [0.29, 0.717) is 25.5 Å². The van der Waals surface area contributed by atoms with Crippen molar-refractivity contribution < 1.29 is 14.4 Å². The van der Waals surface area contributed by atoms with Crippen LogP contribution in [-0.4, -0.2) is 24.1 Å². The monoisotopic (exact) mass is 370 g/mol. The summed E-state index contributed by atoms with van der Waals surface area (Å²) in [6.07, 6.45) is 0. The van der Waals surface area contributed by atoms with Crippen LogP contribution in [0.1, 0.15) is 26.3 Å². The molecule has 0 spiro atoms. The van der Waals surface area contributed by atoms with E-state index in [1.54, 1.807) is 24.3 Å². The third-order valence-corrected chi connectivity index (χ3v) is 4.54. The lowest BCUT2D eigenvalue weighted by Crippen LogP contribution is -2.32. The number of carbonyl (C=O) groups excluding carboxylic acids is 3. The molecule has 0 atom stereocenters. The van der Waals surface area contributed by atoms with Gasteiger partial charge in [-0.25, -0.2) is 0 Å². The number of ketones is 1. The lowest BCUT2D eigenvalue weighted by molar-refractivity contribution is -0.115. The highest BCUT2D eigenvalue weighted by Gasteiger charge is 2.13. The largest absolute Gasteiger partial charge is 0.342 e. The maximum Gasteiger partial charge on any atom is 0.261 e. The van der Waals surface area contributed by atoms with Crippen LogP contribution in [0.4, 0.5) is 5.69 Å². The van der Waals surface area contributed by atoms with Crippen molar-refractivity contribution in [2.75, 3.05) is 11.9 Å². The Labute approximate surface area is 146 Å². The van der Waals surface area contributed by atoms with Crippen LogP contribution in [0.2, 0.25) is 10.0 Å². The molecule has 0 radical (unpaired) electrons. The third-order valence-electron chi connectivity index (χ3n) is 2.79. The quantitative estimate of drug-likeness (QED) is 0.789. The Balaban J connectivity index is 1.92. The number of Topliss-reactive ketones (excluding diaryl/α,β-unsaturated/α-hetero) is 1. The Bertz CT molecular complexity index is 774. The Morgan fingerprint density at radius 3 is 2.43 bits per heavy atom. The van der Waals surface area contributed by atoms with Crippen molar-refractivity contribution in [3.05, 3.63) is 50.1 Å². The molecule has 2 aromatic rings. The van der Waals surface area contributed by atoms with Crippen LogP contribution in [0.3, 0.4) is 0 Å². The maximum absolute atomic E-state index is 11.9. The van der Waals surface area contributed by atoms with E-state index in [4.69, 9.17) is 23.2 Å². The Hall–Kier alpha value is -1.89. The molecule has 0 unspecified atom stereocenters. The Morgan fingerprint density at radius 2 is 1.78 bits per heavy atom.